The molecular formula is C26H32N7O4+. The molecular weight excluding hydrogens is 474 g/mol. The van der Waals surface area contributed by atoms with Crippen LogP contribution >= 0.6 is 0 Å². The number of nitrogens with zero attached hydrogens (tertiary/aromatic N) is 6. The molecule has 5 rings (SSSR count). The maximum atomic E-state index is 13.1. The summed E-state index contributed by atoms with van der Waals surface area (Å²) in [7, 11) is 3.30. The van der Waals surface area contributed by atoms with Crippen molar-refractivity contribution in [3.05, 3.63) is 36.2 Å². The number of nitrogens with one attached hydrogen (secondary N) is 1. The fraction of sp³-hybridized carbons (Fsp3) is 0.462. The number of hydrogen-bond donors (Lipinski definition) is 2. The van der Waals surface area contributed by atoms with Crippen LogP contribution in [-0.2, 0) is 4.79 Å². The molecule has 1 saturated carbocycles. The standard InChI is InChI=1S/C26H31N7O4/c1-26(2,36)25(35)31(3)17-6-8-18(9-7-17)33-15-16-12-19(22(37-4)13-20(16)30-33)24(34)29-21-14-28-32-11-5-10-27-23(21)32/h5,10-15,17-18,23,36H,6-9H2,1-4H3/p+1. The van der Waals surface area contributed by atoms with Gasteiger partial charge in [-0.05, 0) is 38.8 Å². The number of ether oxygens (including phenoxy) is 1. The van der Waals surface area contributed by atoms with Crippen LogP contribution in [0.1, 0.15) is 55.9 Å². The number of H-pyrrole nitrogens is 1. The number of aromatic amines is 1. The van der Waals surface area contributed by atoms with E-state index in [2.05, 4.69) is 24.9 Å². The van der Waals surface area contributed by atoms with E-state index in [9.17, 15) is 14.7 Å². The van der Waals surface area contributed by atoms with Crippen LogP contribution < -0.4 is 9.42 Å². The Balaban J connectivity index is 1.33. The number of aliphatic imine (C=N–C) groups is 2. The molecule has 0 saturated heterocycles. The molecule has 1 aliphatic carbocycles. The number of aliphatic hydroxyl groups is 1. The van der Waals surface area contributed by atoms with Crippen LogP contribution in [0.15, 0.2) is 45.7 Å². The number of allylic oxidation sites excluding steroid dienone is 1. The SMILES string of the molecule is COc1cc2[nH][n+](C3CCC(N(C)C(=O)C(C)(C)O)CC3)cc2cc1C(=O)N=C1C=NN2C=CC=NC12. The van der Waals surface area contributed by atoms with Crippen LogP contribution in [-0.4, -0.2) is 82.0 Å². The monoisotopic (exact) mass is 506 g/mol. The molecule has 3 aliphatic rings. The van der Waals surface area contributed by atoms with Gasteiger partial charge in [0, 0.05) is 44.4 Å². The van der Waals surface area contributed by atoms with Crippen molar-refractivity contribution in [2.45, 2.75) is 63.4 Å². The zero-order valence-electron chi connectivity index (χ0n) is 21.5. The summed E-state index contributed by atoms with van der Waals surface area (Å²) in [6, 6.07) is 3.94. The van der Waals surface area contributed by atoms with Gasteiger partial charge in [0.05, 0.1) is 24.3 Å². The summed E-state index contributed by atoms with van der Waals surface area (Å²) in [6.45, 7) is 3.04. The number of aromatic nitrogens is 2. The molecule has 0 bridgehead atoms. The number of hydrazone groups is 1. The molecule has 1 unspecified atom stereocenters. The molecule has 37 heavy (non-hydrogen) atoms. The van der Waals surface area contributed by atoms with Gasteiger partial charge in [0.1, 0.15) is 22.6 Å². The third-order valence-electron chi connectivity index (χ3n) is 7.20. The van der Waals surface area contributed by atoms with E-state index in [1.165, 1.54) is 21.0 Å². The van der Waals surface area contributed by atoms with Crippen LogP contribution in [0.5, 0.6) is 5.75 Å². The third kappa shape index (κ3) is 4.78. The van der Waals surface area contributed by atoms with Crippen molar-refractivity contribution in [1.82, 2.24) is 15.0 Å². The number of benzene rings is 1. The zero-order chi connectivity index (χ0) is 26.3. The lowest BCUT2D eigenvalue weighted by atomic mass is 9.89. The fourth-order valence-electron chi connectivity index (χ4n) is 5.15. The van der Waals surface area contributed by atoms with Gasteiger partial charge in [-0.2, -0.15) is 10.2 Å². The zero-order valence-corrected chi connectivity index (χ0v) is 21.5. The fourth-order valence-corrected chi connectivity index (χ4v) is 5.15. The molecule has 1 aromatic heterocycles. The van der Waals surface area contributed by atoms with Gasteiger partial charge in [0.25, 0.3) is 11.8 Å². The minimum Gasteiger partial charge on any atom is -0.496 e. The molecule has 0 spiro atoms. The number of rotatable bonds is 5. The first-order chi connectivity index (χ1) is 17.7. The number of carbonyl (C=O) groups is 2. The highest BCUT2D eigenvalue weighted by Gasteiger charge is 2.36. The van der Waals surface area contributed by atoms with Crippen LogP contribution in [0.3, 0.4) is 0 Å². The average Bonchev–Trinajstić information content (AvgIpc) is 3.50. The summed E-state index contributed by atoms with van der Waals surface area (Å²) in [6.07, 6.45) is 11.8. The Labute approximate surface area is 214 Å². The normalized spacial score (nSPS) is 24.1. The van der Waals surface area contributed by atoms with E-state index in [0.29, 0.717) is 17.0 Å². The molecule has 11 nitrogen and oxygen atoms in total. The van der Waals surface area contributed by atoms with Crippen molar-refractivity contribution in [3.8, 4) is 5.75 Å². The largest absolute Gasteiger partial charge is 0.496 e. The minimum atomic E-state index is -1.37. The number of amides is 2. The molecule has 11 heteroatoms. The van der Waals surface area contributed by atoms with E-state index in [0.717, 1.165) is 36.6 Å². The van der Waals surface area contributed by atoms with Gasteiger partial charge in [-0.3, -0.25) is 14.6 Å². The summed E-state index contributed by atoms with van der Waals surface area (Å²) in [5.74, 6) is -0.241. The van der Waals surface area contributed by atoms with Crippen LogP contribution in [0, 0.1) is 0 Å². The molecule has 1 atom stereocenters. The Morgan fingerprint density at radius 2 is 2.03 bits per heavy atom. The topological polar surface area (TPSA) is 127 Å². The Bertz CT molecular complexity index is 1340. The summed E-state index contributed by atoms with van der Waals surface area (Å²) in [4.78, 5) is 35.9. The molecule has 2 aliphatic heterocycles. The third-order valence-corrected chi connectivity index (χ3v) is 7.20. The molecule has 1 fully saturated rings. The molecule has 194 valence electrons. The second-order valence-corrected chi connectivity index (χ2v) is 10.2. The summed E-state index contributed by atoms with van der Waals surface area (Å²) in [5, 5.41) is 20.2. The van der Waals surface area contributed by atoms with Crippen LogP contribution in [0.4, 0.5) is 0 Å². The van der Waals surface area contributed by atoms with Gasteiger partial charge in [-0.1, -0.05) is 0 Å². The van der Waals surface area contributed by atoms with Crippen molar-refractivity contribution in [2.75, 3.05) is 14.2 Å². The Hall–Kier alpha value is -3.86. The van der Waals surface area contributed by atoms with Gasteiger partial charge in [-0.25, -0.2) is 10.0 Å². The number of hydrogen-bond acceptors (Lipinski definition) is 7. The maximum absolute atomic E-state index is 13.1. The molecule has 1 aromatic carbocycles. The van der Waals surface area contributed by atoms with Crippen molar-refractivity contribution >= 4 is 40.9 Å². The second kappa shape index (κ2) is 9.55. The molecule has 2 N–H and O–H groups in total. The lowest BCUT2D eigenvalue weighted by molar-refractivity contribution is -0.774. The van der Waals surface area contributed by atoms with E-state index < -0.39 is 17.7 Å². The molecule has 0 radical (unpaired) electrons. The van der Waals surface area contributed by atoms with Crippen molar-refractivity contribution in [1.29, 1.82) is 0 Å². The average molecular weight is 507 g/mol. The van der Waals surface area contributed by atoms with E-state index in [1.54, 1.807) is 47.7 Å². The maximum Gasteiger partial charge on any atom is 0.281 e. The Morgan fingerprint density at radius 3 is 2.73 bits per heavy atom. The van der Waals surface area contributed by atoms with E-state index in [1.807, 2.05) is 12.3 Å². The van der Waals surface area contributed by atoms with E-state index in [4.69, 9.17) is 4.74 Å². The van der Waals surface area contributed by atoms with Gasteiger partial charge < -0.3 is 14.7 Å². The lowest BCUT2D eigenvalue weighted by Crippen LogP contribution is -2.50. The van der Waals surface area contributed by atoms with Gasteiger partial charge in [0.2, 0.25) is 6.20 Å². The van der Waals surface area contributed by atoms with Crippen molar-refractivity contribution in [3.63, 3.8) is 0 Å². The van der Waals surface area contributed by atoms with Crippen molar-refractivity contribution < 1.29 is 24.1 Å². The van der Waals surface area contributed by atoms with Gasteiger partial charge >= 0.3 is 0 Å². The van der Waals surface area contributed by atoms with E-state index in [-0.39, 0.29) is 18.0 Å². The van der Waals surface area contributed by atoms with Crippen molar-refractivity contribution in [2.24, 2.45) is 15.1 Å². The van der Waals surface area contributed by atoms with Crippen LogP contribution in [0.2, 0.25) is 0 Å². The van der Waals surface area contributed by atoms with Gasteiger partial charge in [-0.15, -0.1) is 4.68 Å². The first-order valence-corrected chi connectivity index (χ1v) is 12.4. The van der Waals surface area contributed by atoms with Crippen LogP contribution in [0.25, 0.3) is 10.9 Å². The second-order valence-electron chi connectivity index (χ2n) is 10.2. The summed E-state index contributed by atoms with van der Waals surface area (Å²) < 4.78 is 7.60. The Morgan fingerprint density at radius 1 is 1.27 bits per heavy atom. The molecule has 3 heterocycles. The summed E-state index contributed by atoms with van der Waals surface area (Å²) >= 11 is 0. The van der Waals surface area contributed by atoms with E-state index >= 15 is 0 Å². The molecule has 2 aromatic rings. The van der Waals surface area contributed by atoms with Gasteiger partial charge in [0.15, 0.2) is 12.2 Å². The first-order valence-electron chi connectivity index (χ1n) is 12.4. The smallest absolute Gasteiger partial charge is 0.281 e. The number of carbonyl (C=O) groups excluding carboxylic acids is 2. The first kappa shape index (κ1) is 24.8. The Kier molecular flexibility index (Phi) is 6.40. The highest BCUT2D eigenvalue weighted by Crippen LogP contribution is 2.30. The number of fused-ring (bicyclic) bond motifs is 2. The predicted molar refractivity (Wildman–Crippen MR) is 139 cm³/mol. The molecule has 2 amide bonds. The highest BCUT2D eigenvalue weighted by molar-refractivity contribution is 6.37. The summed E-state index contributed by atoms with van der Waals surface area (Å²) in [5.41, 5.74) is 0.322. The highest BCUT2D eigenvalue weighted by atomic mass is 16.5. The quantitative estimate of drug-likeness (QED) is 0.600. The number of likely N-dealkylation sites (N-methyl/N-ethyl adjacent to an activating group) is 1. The predicted octanol–water partition coefficient (Wildman–Crippen LogP) is 1.98. The number of methoxy groups -OCH3 is 1. The lowest BCUT2D eigenvalue weighted by Gasteiger charge is -2.35. The minimum absolute atomic E-state index is 0.0997.